The van der Waals surface area contributed by atoms with Crippen molar-refractivity contribution < 1.29 is 18.0 Å². The molecule has 0 atom stereocenters. The van der Waals surface area contributed by atoms with Crippen molar-refractivity contribution in [2.45, 2.75) is 24.8 Å². The molecule has 2 rings (SSSR count). The van der Waals surface area contributed by atoms with Gasteiger partial charge in [0.25, 0.3) is 0 Å². The van der Waals surface area contributed by atoms with Crippen LogP contribution in [0.5, 0.6) is 0 Å². The lowest BCUT2D eigenvalue weighted by molar-refractivity contribution is -0.120. The summed E-state index contributed by atoms with van der Waals surface area (Å²) in [4.78, 5) is 25.6. The highest BCUT2D eigenvalue weighted by atomic mass is 32.2. The van der Waals surface area contributed by atoms with Gasteiger partial charge in [0.1, 0.15) is 0 Å². The number of carbonyl (C=O) groups is 2. The molecule has 2 aromatic carbocycles. The molecule has 2 aromatic rings. The zero-order valence-electron chi connectivity index (χ0n) is 17.2. The summed E-state index contributed by atoms with van der Waals surface area (Å²) in [7, 11) is -1.92. The molecule has 0 saturated carbocycles. The van der Waals surface area contributed by atoms with Crippen LogP contribution in [0, 0.1) is 6.92 Å². The molecule has 8 nitrogen and oxygen atoms in total. The topological polar surface area (TPSA) is 108 Å². The van der Waals surface area contributed by atoms with Gasteiger partial charge >= 0.3 is 6.03 Å². The summed E-state index contributed by atoms with van der Waals surface area (Å²) in [6, 6.07) is 15.9. The molecule has 30 heavy (non-hydrogen) atoms. The Hall–Kier alpha value is -2.91. The largest absolute Gasteiger partial charge is 0.355 e. The average Bonchev–Trinajstić information content (AvgIpc) is 2.72. The van der Waals surface area contributed by atoms with E-state index in [1.54, 1.807) is 19.2 Å². The summed E-state index contributed by atoms with van der Waals surface area (Å²) in [5.41, 5.74) is 1.99. The number of nitrogens with one attached hydrogen (secondary N) is 3. The van der Waals surface area contributed by atoms with Crippen LogP contribution in [0.3, 0.4) is 0 Å². The molecule has 0 unspecified atom stereocenters. The zero-order valence-corrected chi connectivity index (χ0v) is 18.0. The lowest BCUT2D eigenvalue weighted by Gasteiger charge is -2.18. The highest BCUT2D eigenvalue weighted by Crippen LogP contribution is 2.09. The first-order valence-electron chi connectivity index (χ1n) is 9.64. The summed E-state index contributed by atoms with van der Waals surface area (Å²) in [5, 5.41) is 5.32. The van der Waals surface area contributed by atoms with E-state index in [-0.39, 0.29) is 42.9 Å². The molecule has 0 saturated heterocycles. The molecule has 0 aliphatic rings. The average molecular weight is 433 g/mol. The molecule has 9 heteroatoms. The normalized spacial score (nSPS) is 11.0. The van der Waals surface area contributed by atoms with Gasteiger partial charge < -0.3 is 15.5 Å². The first kappa shape index (κ1) is 23.4. The fraction of sp³-hybridized carbons (Fsp3) is 0.333. The first-order chi connectivity index (χ1) is 14.3. The van der Waals surface area contributed by atoms with E-state index in [0.717, 1.165) is 11.1 Å². The van der Waals surface area contributed by atoms with Gasteiger partial charge in [0.2, 0.25) is 15.9 Å². The molecular formula is C21H28N4O4S. The number of carbonyl (C=O) groups excluding carboxylic acids is 2. The van der Waals surface area contributed by atoms with Crippen LogP contribution in [0.15, 0.2) is 59.5 Å². The molecule has 0 bridgehead atoms. The number of hydrogen-bond donors (Lipinski definition) is 3. The van der Waals surface area contributed by atoms with Gasteiger partial charge in [0.05, 0.1) is 4.90 Å². The van der Waals surface area contributed by atoms with Crippen LogP contribution >= 0.6 is 0 Å². The maximum absolute atomic E-state index is 12.2. The molecule has 0 aliphatic carbocycles. The Bertz CT molecular complexity index is 931. The Morgan fingerprint density at radius 1 is 0.900 bits per heavy atom. The van der Waals surface area contributed by atoms with Crippen LogP contribution < -0.4 is 15.4 Å². The van der Waals surface area contributed by atoms with Crippen molar-refractivity contribution in [2.75, 3.05) is 26.7 Å². The third-order valence-electron chi connectivity index (χ3n) is 4.31. The van der Waals surface area contributed by atoms with Crippen molar-refractivity contribution >= 4 is 22.0 Å². The van der Waals surface area contributed by atoms with Crippen LogP contribution in [0.2, 0.25) is 0 Å². The van der Waals surface area contributed by atoms with Gasteiger partial charge in [-0.2, -0.15) is 0 Å². The van der Waals surface area contributed by atoms with Gasteiger partial charge in [-0.15, -0.1) is 0 Å². The fourth-order valence-electron chi connectivity index (χ4n) is 2.62. The van der Waals surface area contributed by atoms with Gasteiger partial charge in [0.15, 0.2) is 0 Å². The minimum atomic E-state index is -3.60. The number of sulfonamides is 1. The van der Waals surface area contributed by atoms with Crippen LogP contribution in [0.4, 0.5) is 4.79 Å². The maximum atomic E-state index is 12.2. The second-order valence-electron chi connectivity index (χ2n) is 6.88. The molecule has 0 radical (unpaired) electrons. The van der Waals surface area contributed by atoms with Gasteiger partial charge in [-0.25, -0.2) is 17.9 Å². The standard InChI is InChI=1S/C21H28N4O4S/c1-17-8-10-19(11-9-17)30(28,29)24-15-14-22-20(26)12-13-23-21(27)25(2)16-18-6-4-3-5-7-18/h3-11,24H,12-16H2,1-2H3,(H,22,26)(H,23,27). The van der Waals surface area contributed by atoms with E-state index in [9.17, 15) is 18.0 Å². The second kappa shape index (κ2) is 11.3. The van der Waals surface area contributed by atoms with E-state index < -0.39 is 10.0 Å². The highest BCUT2D eigenvalue weighted by molar-refractivity contribution is 7.89. The van der Waals surface area contributed by atoms with Crippen molar-refractivity contribution in [3.63, 3.8) is 0 Å². The summed E-state index contributed by atoms with van der Waals surface area (Å²) in [6.45, 7) is 2.78. The van der Waals surface area contributed by atoms with Crippen molar-refractivity contribution in [3.8, 4) is 0 Å². The van der Waals surface area contributed by atoms with Crippen LogP contribution in [-0.2, 0) is 21.4 Å². The number of rotatable bonds is 10. The number of urea groups is 1. The highest BCUT2D eigenvalue weighted by Gasteiger charge is 2.13. The van der Waals surface area contributed by atoms with Crippen LogP contribution in [0.25, 0.3) is 0 Å². The molecule has 0 aromatic heterocycles. The fourth-order valence-corrected chi connectivity index (χ4v) is 3.66. The summed E-state index contributed by atoms with van der Waals surface area (Å²) < 4.78 is 26.8. The predicted molar refractivity (Wildman–Crippen MR) is 115 cm³/mol. The summed E-state index contributed by atoms with van der Waals surface area (Å²) in [6.07, 6.45) is 0.107. The first-order valence-corrected chi connectivity index (χ1v) is 11.1. The van der Waals surface area contributed by atoms with Crippen molar-refractivity contribution in [1.29, 1.82) is 0 Å². The number of nitrogens with zero attached hydrogens (tertiary/aromatic N) is 1. The molecule has 0 fully saturated rings. The van der Waals surface area contributed by atoms with Gasteiger partial charge in [0, 0.05) is 39.6 Å². The quantitative estimate of drug-likeness (QED) is 0.496. The minimum absolute atomic E-state index is 0.0775. The second-order valence-corrected chi connectivity index (χ2v) is 8.65. The van der Waals surface area contributed by atoms with E-state index in [4.69, 9.17) is 0 Å². The summed E-state index contributed by atoms with van der Waals surface area (Å²) in [5.74, 6) is -0.268. The monoisotopic (exact) mass is 432 g/mol. The van der Waals surface area contributed by atoms with E-state index >= 15 is 0 Å². The Labute approximate surface area is 177 Å². The van der Waals surface area contributed by atoms with Gasteiger partial charge in [-0.05, 0) is 24.6 Å². The Kier molecular flexibility index (Phi) is 8.82. The predicted octanol–water partition coefficient (Wildman–Crippen LogP) is 1.62. The third kappa shape index (κ3) is 7.84. The lowest BCUT2D eigenvalue weighted by Crippen LogP contribution is -2.39. The third-order valence-corrected chi connectivity index (χ3v) is 5.79. The van der Waals surface area contributed by atoms with E-state index in [0.29, 0.717) is 6.54 Å². The zero-order chi connectivity index (χ0) is 22.0. The molecule has 0 heterocycles. The van der Waals surface area contributed by atoms with E-state index in [1.165, 1.54) is 17.0 Å². The lowest BCUT2D eigenvalue weighted by atomic mass is 10.2. The van der Waals surface area contributed by atoms with Crippen LogP contribution in [-0.4, -0.2) is 51.9 Å². The van der Waals surface area contributed by atoms with E-state index in [2.05, 4.69) is 15.4 Å². The molecule has 0 aliphatic heterocycles. The smallest absolute Gasteiger partial charge is 0.317 e. The maximum Gasteiger partial charge on any atom is 0.317 e. The molecule has 3 N–H and O–H groups in total. The molecule has 0 spiro atoms. The van der Waals surface area contributed by atoms with Crippen molar-refractivity contribution in [1.82, 2.24) is 20.3 Å². The Morgan fingerprint density at radius 2 is 1.57 bits per heavy atom. The number of hydrogen-bond acceptors (Lipinski definition) is 4. The van der Waals surface area contributed by atoms with Gasteiger partial charge in [-0.1, -0.05) is 48.0 Å². The van der Waals surface area contributed by atoms with Crippen molar-refractivity contribution in [2.24, 2.45) is 0 Å². The minimum Gasteiger partial charge on any atom is -0.355 e. The molecule has 3 amide bonds. The summed E-state index contributed by atoms with van der Waals surface area (Å²) >= 11 is 0. The number of aryl methyl sites for hydroxylation is 1. The van der Waals surface area contributed by atoms with Gasteiger partial charge in [-0.3, -0.25) is 4.79 Å². The Balaban J connectivity index is 1.62. The van der Waals surface area contributed by atoms with Crippen LogP contribution in [0.1, 0.15) is 17.5 Å². The number of amides is 3. The molecule has 162 valence electrons. The van der Waals surface area contributed by atoms with Crippen molar-refractivity contribution in [3.05, 3.63) is 65.7 Å². The number of benzene rings is 2. The SMILES string of the molecule is Cc1ccc(S(=O)(=O)NCCNC(=O)CCNC(=O)N(C)Cc2ccccc2)cc1. The van der Waals surface area contributed by atoms with E-state index in [1.807, 2.05) is 37.3 Å². The molecular weight excluding hydrogens is 404 g/mol. The Morgan fingerprint density at radius 3 is 2.23 bits per heavy atom.